The Morgan fingerprint density at radius 1 is 1.05 bits per heavy atom. The molecule has 15 nitrogen and oxygen atoms in total. The van der Waals surface area contributed by atoms with Crippen LogP contribution in [0, 0.1) is 5.92 Å². The van der Waals surface area contributed by atoms with Crippen LogP contribution in [0.25, 0.3) is 22.3 Å². The molecule has 4 amide bonds. The first-order valence-electron chi connectivity index (χ1n) is 20.1. The molecule has 0 spiro atoms. The number of allylic oxidation sites excluding steroid dienone is 1. The van der Waals surface area contributed by atoms with Gasteiger partial charge in [-0.15, -0.1) is 11.3 Å². The Bertz CT molecular complexity index is 2090. The lowest BCUT2D eigenvalue weighted by Crippen LogP contribution is -2.56. The third kappa shape index (κ3) is 9.02. The molecule has 4 N–H and O–H groups in total. The van der Waals surface area contributed by atoms with Gasteiger partial charge in [0.2, 0.25) is 17.7 Å². The highest BCUT2D eigenvalue weighted by Gasteiger charge is 2.61. The first kappa shape index (κ1) is 41.2. The number of anilines is 1. The normalized spacial score (nSPS) is 25.7. The maximum Gasteiger partial charge on any atom is 0.408 e. The van der Waals surface area contributed by atoms with Crippen molar-refractivity contribution in [1.29, 1.82) is 0 Å². The lowest BCUT2D eigenvalue weighted by molar-refractivity contribution is -0.145. The van der Waals surface area contributed by atoms with E-state index < -0.39 is 47.6 Å². The van der Waals surface area contributed by atoms with Gasteiger partial charge in [-0.2, -0.15) is 0 Å². The van der Waals surface area contributed by atoms with Gasteiger partial charge >= 0.3 is 12.1 Å². The third-order valence-corrected chi connectivity index (χ3v) is 12.5. The molecule has 3 aromatic rings. The van der Waals surface area contributed by atoms with E-state index in [0.29, 0.717) is 64.6 Å². The number of fused-ring (bicyclic) bond motifs is 3. The van der Waals surface area contributed by atoms with Crippen LogP contribution in [-0.4, -0.2) is 93.2 Å². The van der Waals surface area contributed by atoms with Crippen molar-refractivity contribution in [2.45, 2.75) is 120 Å². The van der Waals surface area contributed by atoms with Crippen LogP contribution in [0.1, 0.15) is 90.4 Å². The molecule has 17 heteroatoms. The molecule has 1 unspecified atom stereocenters. The van der Waals surface area contributed by atoms with Gasteiger partial charge in [0, 0.05) is 35.6 Å². The largest absolute Gasteiger partial charge is 0.495 e. The summed E-state index contributed by atoms with van der Waals surface area (Å²) in [6, 6.07) is 3.04. The van der Waals surface area contributed by atoms with Crippen LogP contribution in [0.3, 0.4) is 0 Å². The van der Waals surface area contributed by atoms with Gasteiger partial charge in [0.25, 0.3) is 0 Å². The Morgan fingerprint density at radius 3 is 2.60 bits per heavy atom. The summed E-state index contributed by atoms with van der Waals surface area (Å²) in [6.07, 6.45) is 10.2. The van der Waals surface area contributed by atoms with Crippen molar-refractivity contribution in [3.8, 4) is 22.9 Å². The van der Waals surface area contributed by atoms with E-state index in [-0.39, 0.29) is 42.3 Å². The lowest BCUT2D eigenvalue weighted by atomic mass is 10.0. The number of carboxylic acid groups (broad SMARTS) is 1. The van der Waals surface area contributed by atoms with E-state index in [4.69, 9.17) is 30.8 Å². The second-order valence-corrected chi connectivity index (χ2v) is 16.7. The Kier molecular flexibility index (Phi) is 12.7. The SMILES string of the molecule is CCCC(=O)Nc1nc(-c2cc(O[C@@H]3C[C@H]4C(=O)N[C@]5(C(=O)O)CC5/C=C\CCCCC[C@H](NC(=O)OC5CCCC5)C(=O)N4C3)c3ccc(OC)c(Cl)c3n2)cs1. The summed E-state index contributed by atoms with van der Waals surface area (Å²) in [6.45, 7) is 1.88. The van der Waals surface area contributed by atoms with E-state index in [1.165, 1.54) is 23.3 Å². The van der Waals surface area contributed by atoms with Crippen molar-refractivity contribution in [2.75, 3.05) is 19.0 Å². The van der Waals surface area contributed by atoms with E-state index in [0.717, 1.165) is 44.9 Å². The summed E-state index contributed by atoms with van der Waals surface area (Å²) in [5, 5.41) is 21.6. The van der Waals surface area contributed by atoms with Crippen LogP contribution in [0.4, 0.5) is 9.93 Å². The monoisotopic (exact) mass is 836 g/mol. The number of nitrogens with one attached hydrogen (secondary N) is 3. The molecular formula is C41H49ClN6O9S. The Balaban J connectivity index is 1.21. The average Bonchev–Trinajstić information content (AvgIpc) is 3.62. The number of methoxy groups -OCH3 is 1. The molecule has 58 heavy (non-hydrogen) atoms. The fourth-order valence-electron chi connectivity index (χ4n) is 8.11. The fourth-order valence-corrected chi connectivity index (χ4v) is 9.12. The number of carboxylic acids is 1. The highest BCUT2D eigenvalue weighted by Crippen LogP contribution is 2.46. The zero-order valence-electron chi connectivity index (χ0n) is 32.6. The molecule has 2 aliphatic heterocycles. The highest BCUT2D eigenvalue weighted by molar-refractivity contribution is 7.14. The number of rotatable bonds is 10. The standard InChI is InChI=1S/C41H49ClN6O9S/c1-3-11-33(49)46-39-44-29(22-58-39)28-19-32(26-16-17-31(55-2)34(42)35(26)43-28)56-25-18-30-36(50)47-41(38(52)53)20-23(41)12-7-5-4-6-8-15-27(37(51)48(30)21-25)45-40(54)57-24-13-9-10-14-24/h7,12,16-17,19,22-25,27,30H,3-6,8-11,13-15,18,20-21H2,1-2H3,(H,45,54)(H,47,50)(H,52,53)(H,44,46,49)/b12-7-/t23?,25-,27+,30+,41-/m1/s1. The molecule has 0 radical (unpaired) electrons. The number of benzene rings is 1. The number of hydrogen-bond donors (Lipinski definition) is 4. The number of aromatic nitrogens is 2. The van der Waals surface area contributed by atoms with Crippen molar-refractivity contribution in [2.24, 2.45) is 5.92 Å². The zero-order valence-corrected chi connectivity index (χ0v) is 34.2. The molecule has 3 fully saturated rings. The number of hydrogen-bond acceptors (Lipinski definition) is 11. The van der Waals surface area contributed by atoms with Gasteiger partial charge in [0.05, 0.1) is 24.9 Å². The molecule has 1 aromatic carbocycles. The van der Waals surface area contributed by atoms with Crippen LogP contribution < -0.4 is 25.4 Å². The minimum absolute atomic E-state index is 0.0281. The quantitative estimate of drug-likeness (QED) is 0.160. The number of carbonyl (C=O) groups is 5. The van der Waals surface area contributed by atoms with E-state index in [1.807, 2.05) is 19.1 Å². The van der Waals surface area contributed by atoms with E-state index in [9.17, 15) is 29.1 Å². The van der Waals surface area contributed by atoms with Crippen molar-refractivity contribution < 1.29 is 43.3 Å². The fraction of sp³-hybridized carbons (Fsp3) is 0.537. The number of ether oxygens (including phenoxy) is 3. The molecular weight excluding hydrogens is 788 g/mol. The van der Waals surface area contributed by atoms with Crippen LogP contribution in [-0.2, 0) is 23.9 Å². The minimum atomic E-state index is -1.49. The number of amides is 4. The Hall–Kier alpha value is -4.96. The summed E-state index contributed by atoms with van der Waals surface area (Å²) in [5.41, 5.74) is -0.270. The molecule has 2 aromatic heterocycles. The molecule has 1 saturated heterocycles. The molecule has 7 rings (SSSR count). The lowest BCUT2D eigenvalue weighted by Gasteiger charge is -2.29. The predicted molar refractivity (Wildman–Crippen MR) is 217 cm³/mol. The van der Waals surface area contributed by atoms with Gasteiger partial charge in [-0.25, -0.2) is 19.6 Å². The van der Waals surface area contributed by atoms with Gasteiger partial charge in [0.1, 0.15) is 52.0 Å². The van der Waals surface area contributed by atoms with Crippen LogP contribution >= 0.6 is 22.9 Å². The third-order valence-electron chi connectivity index (χ3n) is 11.3. The topological polar surface area (TPSA) is 198 Å². The summed E-state index contributed by atoms with van der Waals surface area (Å²) in [4.78, 5) is 77.7. The van der Waals surface area contributed by atoms with Crippen molar-refractivity contribution in [3.05, 3.63) is 40.8 Å². The number of aliphatic carboxylic acids is 1. The number of carbonyl (C=O) groups excluding carboxylic acids is 4. The molecule has 2 saturated carbocycles. The number of thiazole rings is 1. The van der Waals surface area contributed by atoms with Crippen molar-refractivity contribution in [1.82, 2.24) is 25.5 Å². The Labute approximate surface area is 345 Å². The van der Waals surface area contributed by atoms with Crippen molar-refractivity contribution in [3.63, 3.8) is 0 Å². The van der Waals surface area contributed by atoms with Gasteiger partial charge in [-0.3, -0.25) is 14.4 Å². The first-order chi connectivity index (χ1) is 28.0. The molecule has 2 aliphatic carbocycles. The average molecular weight is 837 g/mol. The summed E-state index contributed by atoms with van der Waals surface area (Å²) in [5.74, 6) is -2.04. The number of alkyl carbamates (subject to hydrolysis) is 1. The second-order valence-electron chi connectivity index (χ2n) is 15.5. The van der Waals surface area contributed by atoms with Gasteiger partial charge in [-0.1, -0.05) is 43.5 Å². The number of pyridine rings is 1. The summed E-state index contributed by atoms with van der Waals surface area (Å²) >= 11 is 8.06. The Morgan fingerprint density at radius 2 is 1.84 bits per heavy atom. The van der Waals surface area contributed by atoms with Crippen LogP contribution in [0.2, 0.25) is 5.02 Å². The molecule has 4 aliphatic rings. The maximum atomic E-state index is 14.6. The highest BCUT2D eigenvalue weighted by atomic mass is 35.5. The summed E-state index contributed by atoms with van der Waals surface area (Å²) < 4.78 is 17.8. The van der Waals surface area contributed by atoms with E-state index in [1.54, 1.807) is 23.6 Å². The summed E-state index contributed by atoms with van der Waals surface area (Å²) in [7, 11) is 1.49. The predicted octanol–water partition coefficient (Wildman–Crippen LogP) is 6.62. The number of halogens is 1. The van der Waals surface area contributed by atoms with Gasteiger partial charge in [-0.05, 0) is 69.9 Å². The molecule has 5 atom stereocenters. The van der Waals surface area contributed by atoms with Crippen LogP contribution in [0.5, 0.6) is 11.5 Å². The maximum absolute atomic E-state index is 14.6. The van der Waals surface area contributed by atoms with Gasteiger partial charge < -0.3 is 40.2 Å². The van der Waals surface area contributed by atoms with Crippen LogP contribution in [0.15, 0.2) is 35.7 Å². The second kappa shape index (κ2) is 17.9. The van der Waals surface area contributed by atoms with Crippen molar-refractivity contribution >= 4 is 68.8 Å². The van der Waals surface area contributed by atoms with E-state index in [2.05, 4.69) is 20.9 Å². The smallest absolute Gasteiger partial charge is 0.408 e. The zero-order chi connectivity index (χ0) is 41.0. The minimum Gasteiger partial charge on any atom is -0.495 e. The van der Waals surface area contributed by atoms with Gasteiger partial charge in [0.15, 0.2) is 5.13 Å². The van der Waals surface area contributed by atoms with E-state index >= 15 is 0 Å². The molecule has 0 bridgehead atoms. The molecule has 4 heterocycles. The molecule has 310 valence electrons. The first-order valence-corrected chi connectivity index (χ1v) is 21.3. The number of nitrogens with zero attached hydrogens (tertiary/aromatic N) is 3.